The van der Waals surface area contributed by atoms with Crippen LogP contribution < -0.4 is 0 Å². The quantitative estimate of drug-likeness (QED) is 0.817. The summed E-state index contributed by atoms with van der Waals surface area (Å²) in [5.41, 5.74) is 0.811. The molecule has 2 aromatic rings. The molecule has 0 saturated heterocycles. The maximum atomic E-state index is 11.8. The van der Waals surface area contributed by atoms with Crippen molar-refractivity contribution in [1.29, 1.82) is 0 Å². The average Bonchev–Trinajstić information content (AvgIpc) is 2.83. The smallest absolute Gasteiger partial charge is 0.137 e. The van der Waals surface area contributed by atoms with Gasteiger partial charge in [0.15, 0.2) is 0 Å². The molecule has 0 atom stereocenters. The van der Waals surface area contributed by atoms with Gasteiger partial charge in [-0.15, -0.1) is 0 Å². The van der Waals surface area contributed by atoms with Crippen LogP contribution in [0.25, 0.3) is 0 Å². The van der Waals surface area contributed by atoms with Gasteiger partial charge < -0.3 is 4.42 Å². The number of halogens is 2. The summed E-state index contributed by atoms with van der Waals surface area (Å²) in [6.45, 7) is 0. The number of benzene rings is 1. The van der Waals surface area contributed by atoms with Crippen molar-refractivity contribution in [3.8, 4) is 0 Å². The van der Waals surface area contributed by atoms with E-state index in [-0.39, 0.29) is 5.78 Å². The molecule has 0 bridgehead atoms. The van der Waals surface area contributed by atoms with Crippen molar-refractivity contribution in [1.82, 2.24) is 0 Å². The molecule has 1 aromatic heterocycles. The van der Waals surface area contributed by atoms with Crippen LogP contribution in [-0.2, 0) is 17.6 Å². The first-order valence-electron chi connectivity index (χ1n) is 5.63. The molecule has 2 nitrogen and oxygen atoms in total. The number of aryl methyl sites for hydroxylation is 1. The molecule has 0 fully saturated rings. The summed E-state index contributed by atoms with van der Waals surface area (Å²) in [5.74, 6) is 0.959. The lowest BCUT2D eigenvalue weighted by atomic mass is 10.1. The predicted molar refractivity (Wildman–Crippen MR) is 72.2 cm³/mol. The highest BCUT2D eigenvalue weighted by atomic mass is 35.5. The molecule has 0 aliphatic heterocycles. The molecular weight excluding hydrogens is 271 g/mol. The van der Waals surface area contributed by atoms with Crippen LogP contribution in [0.5, 0.6) is 0 Å². The topological polar surface area (TPSA) is 30.2 Å². The van der Waals surface area contributed by atoms with E-state index in [2.05, 4.69) is 0 Å². The van der Waals surface area contributed by atoms with Crippen LogP contribution in [0, 0.1) is 0 Å². The van der Waals surface area contributed by atoms with Gasteiger partial charge in [0.05, 0.1) is 6.26 Å². The van der Waals surface area contributed by atoms with Gasteiger partial charge >= 0.3 is 0 Å². The maximum absolute atomic E-state index is 11.8. The van der Waals surface area contributed by atoms with Crippen LogP contribution in [0.1, 0.15) is 17.7 Å². The standard InChI is InChI=1S/C14H12Cl2O2/c15-11-4-3-10(14(16)9-11)8-12(17)5-6-13-2-1-7-18-13/h1-4,7,9H,5-6,8H2. The second-order valence-electron chi connectivity index (χ2n) is 4.03. The summed E-state index contributed by atoms with van der Waals surface area (Å²) in [6.07, 6.45) is 3.01. The van der Waals surface area contributed by atoms with E-state index in [1.165, 1.54) is 0 Å². The zero-order chi connectivity index (χ0) is 13.0. The zero-order valence-electron chi connectivity index (χ0n) is 9.66. The Morgan fingerprint density at radius 2 is 2.06 bits per heavy atom. The first-order valence-corrected chi connectivity index (χ1v) is 6.39. The summed E-state index contributed by atoms with van der Waals surface area (Å²) >= 11 is 11.8. The summed E-state index contributed by atoms with van der Waals surface area (Å²) in [6, 6.07) is 8.86. The van der Waals surface area contributed by atoms with E-state index < -0.39 is 0 Å². The maximum Gasteiger partial charge on any atom is 0.137 e. The highest BCUT2D eigenvalue weighted by Gasteiger charge is 2.08. The summed E-state index contributed by atoms with van der Waals surface area (Å²) < 4.78 is 5.18. The molecular formula is C14H12Cl2O2. The van der Waals surface area contributed by atoms with E-state index in [9.17, 15) is 4.79 Å². The highest BCUT2D eigenvalue weighted by Crippen LogP contribution is 2.22. The van der Waals surface area contributed by atoms with Gasteiger partial charge in [0, 0.05) is 29.3 Å². The van der Waals surface area contributed by atoms with Gasteiger partial charge in [-0.2, -0.15) is 0 Å². The first-order chi connectivity index (χ1) is 8.65. The van der Waals surface area contributed by atoms with E-state index in [1.54, 1.807) is 24.5 Å². The fourth-order valence-corrected chi connectivity index (χ4v) is 2.16. The van der Waals surface area contributed by atoms with Crippen LogP contribution in [0.4, 0.5) is 0 Å². The second kappa shape index (κ2) is 6.07. The van der Waals surface area contributed by atoms with Gasteiger partial charge in [0.2, 0.25) is 0 Å². The minimum Gasteiger partial charge on any atom is -0.469 e. The molecule has 1 heterocycles. The van der Waals surface area contributed by atoms with Crippen LogP contribution in [0.15, 0.2) is 41.0 Å². The number of furan rings is 1. The molecule has 0 saturated carbocycles. The van der Waals surface area contributed by atoms with Gasteiger partial charge in [-0.1, -0.05) is 29.3 Å². The minimum atomic E-state index is 0.135. The van der Waals surface area contributed by atoms with Gasteiger partial charge in [0.25, 0.3) is 0 Å². The van der Waals surface area contributed by atoms with Crippen molar-refractivity contribution in [3.05, 3.63) is 58.0 Å². The highest BCUT2D eigenvalue weighted by molar-refractivity contribution is 6.35. The number of carbonyl (C=O) groups excluding carboxylic acids is 1. The number of hydrogen-bond donors (Lipinski definition) is 0. The Labute approximate surface area is 116 Å². The third kappa shape index (κ3) is 3.62. The van der Waals surface area contributed by atoms with Crippen LogP contribution >= 0.6 is 23.2 Å². The summed E-state index contributed by atoms with van der Waals surface area (Å²) in [4.78, 5) is 11.8. The number of carbonyl (C=O) groups is 1. The van der Waals surface area contributed by atoms with Crippen molar-refractivity contribution in [2.75, 3.05) is 0 Å². The summed E-state index contributed by atoms with van der Waals surface area (Å²) in [7, 11) is 0. The fraction of sp³-hybridized carbons (Fsp3) is 0.214. The Morgan fingerprint density at radius 3 is 2.72 bits per heavy atom. The van der Waals surface area contributed by atoms with Gasteiger partial charge in [-0.3, -0.25) is 4.79 Å². The number of rotatable bonds is 5. The molecule has 0 N–H and O–H groups in total. The van der Waals surface area contributed by atoms with E-state index in [4.69, 9.17) is 27.6 Å². The van der Waals surface area contributed by atoms with Gasteiger partial charge in [-0.25, -0.2) is 0 Å². The largest absolute Gasteiger partial charge is 0.469 e. The molecule has 4 heteroatoms. The van der Waals surface area contributed by atoms with E-state index in [0.29, 0.717) is 29.3 Å². The minimum absolute atomic E-state index is 0.135. The SMILES string of the molecule is O=C(CCc1ccco1)Cc1ccc(Cl)cc1Cl. The van der Waals surface area contributed by atoms with Crippen LogP contribution in [-0.4, -0.2) is 5.78 Å². The van der Waals surface area contributed by atoms with Crippen LogP contribution in [0.3, 0.4) is 0 Å². The Kier molecular flexibility index (Phi) is 4.45. The Bertz CT molecular complexity index is 533. The van der Waals surface area contributed by atoms with Gasteiger partial charge in [0.1, 0.15) is 11.5 Å². The Hall–Kier alpha value is -1.25. The van der Waals surface area contributed by atoms with Crippen molar-refractivity contribution in [2.45, 2.75) is 19.3 Å². The Balaban J connectivity index is 1.91. The number of ketones is 1. The summed E-state index contributed by atoms with van der Waals surface area (Å²) in [5, 5.41) is 1.11. The third-order valence-corrected chi connectivity index (χ3v) is 3.22. The molecule has 18 heavy (non-hydrogen) atoms. The lowest BCUT2D eigenvalue weighted by Gasteiger charge is -2.03. The van der Waals surface area contributed by atoms with Gasteiger partial charge in [-0.05, 0) is 29.8 Å². The molecule has 1 aromatic carbocycles. The van der Waals surface area contributed by atoms with Crippen LogP contribution in [0.2, 0.25) is 10.0 Å². The normalized spacial score (nSPS) is 10.6. The van der Waals surface area contributed by atoms with Crippen molar-refractivity contribution < 1.29 is 9.21 Å². The molecule has 0 radical (unpaired) electrons. The zero-order valence-corrected chi connectivity index (χ0v) is 11.2. The van der Waals surface area contributed by atoms with E-state index >= 15 is 0 Å². The lowest BCUT2D eigenvalue weighted by molar-refractivity contribution is -0.118. The van der Waals surface area contributed by atoms with E-state index in [0.717, 1.165) is 11.3 Å². The van der Waals surface area contributed by atoms with Crippen molar-refractivity contribution >= 4 is 29.0 Å². The lowest BCUT2D eigenvalue weighted by Crippen LogP contribution is -2.04. The van der Waals surface area contributed by atoms with Crippen molar-refractivity contribution in [3.63, 3.8) is 0 Å². The molecule has 2 rings (SSSR count). The van der Waals surface area contributed by atoms with E-state index in [1.807, 2.05) is 12.1 Å². The molecule has 0 amide bonds. The molecule has 0 spiro atoms. The number of Topliss-reactive ketones (excluding diaryl/α,β-unsaturated/α-hetero) is 1. The Morgan fingerprint density at radius 1 is 1.22 bits per heavy atom. The molecule has 94 valence electrons. The number of hydrogen-bond acceptors (Lipinski definition) is 2. The fourth-order valence-electron chi connectivity index (χ4n) is 1.68. The monoisotopic (exact) mass is 282 g/mol. The second-order valence-corrected chi connectivity index (χ2v) is 4.87. The average molecular weight is 283 g/mol. The molecule has 0 unspecified atom stereocenters. The molecule has 0 aliphatic carbocycles. The predicted octanol–water partition coefficient (Wildman–Crippen LogP) is 4.33. The van der Waals surface area contributed by atoms with Crippen molar-refractivity contribution in [2.24, 2.45) is 0 Å². The molecule has 0 aliphatic rings. The first kappa shape index (κ1) is 13.2. The third-order valence-electron chi connectivity index (χ3n) is 2.63.